The molecule has 0 aromatic heterocycles. The van der Waals surface area contributed by atoms with E-state index in [9.17, 15) is 13.2 Å². The van der Waals surface area contributed by atoms with Gasteiger partial charge in [0.1, 0.15) is 11.5 Å². The minimum atomic E-state index is -3.98. The molecule has 2 aromatic rings. The summed E-state index contributed by atoms with van der Waals surface area (Å²) in [6.07, 6.45) is 0. The molecule has 1 amide bonds. The van der Waals surface area contributed by atoms with Crippen LogP contribution >= 0.6 is 23.2 Å². The van der Waals surface area contributed by atoms with Crippen LogP contribution in [-0.4, -0.2) is 34.6 Å². The van der Waals surface area contributed by atoms with E-state index in [1.807, 2.05) is 0 Å². The summed E-state index contributed by atoms with van der Waals surface area (Å²) in [4.78, 5) is 12.3. The average molecular weight is 433 g/mol. The number of sulfonamides is 1. The summed E-state index contributed by atoms with van der Waals surface area (Å²) in [5, 5.41) is 3.12. The van der Waals surface area contributed by atoms with E-state index in [1.165, 1.54) is 45.4 Å². The van der Waals surface area contributed by atoms with Gasteiger partial charge in [0.2, 0.25) is 15.9 Å². The normalized spacial score (nSPS) is 12.3. The van der Waals surface area contributed by atoms with Crippen LogP contribution < -0.4 is 19.5 Å². The first-order valence-electron chi connectivity index (χ1n) is 7.68. The van der Waals surface area contributed by atoms with Gasteiger partial charge in [-0.15, -0.1) is 0 Å². The Balaban J connectivity index is 2.16. The van der Waals surface area contributed by atoms with Gasteiger partial charge in [0.15, 0.2) is 0 Å². The lowest BCUT2D eigenvalue weighted by Crippen LogP contribution is -2.41. The Morgan fingerprint density at radius 1 is 1.04 bits per heavy atom. The minimum absolute atomic E-state index is 0.0895. The molecule has 2 aromatic carbocycles. The number of benzene rings is 2. The molecule has 0 bridgehead atoms. The van der Waals surface area contributed by atoms with Crippen molar-refractivity contribution >= 4 is 44.8 Å². The number of amides is 1. The van der Waals surface area contributed by atoms with Gasteiger partial charge in [-0.1, -0.05) is 23.2 Å². The largest absolute Gasteiger partial charge is 0.495 e. The monoisotopic (exact) mass is 432 g/mol. The number of methoxy groups -OCH3 is 2. The van der Waals surface area contributed by atoms with E-state index in [4.69, 9.17) is 32.7 Å². The molecule has 0 saturated heterocycles. The number of halogens is 2. The zero-order chi connectivity index (χ0) is 20.2. The van der Waals surface area contributed by atoms with E-state index in [2.05, 4.69) is 10.0 Å². The van der Waals surface area contributed by atoms with Crippen molar-refractivity contribution in [2.45, 2.75) is 17.9 Å². The second-order valence-corrected chi connectivity index (χ2v) is 8.03. The molecule has 146 valence electrons. The number of carbonyl (C=O) groups is 1. The fourth-order valence-corrected chi connectivity index (χ4v) is 3.91. The van der Waals surface area contributed by atoms with Crippen LogP contribution in [-0.2, 0) is 14.8 Å². The smallest absolute Gasteiger partial charge is 0.242 e. The highest BCUT2D eigenvalue weighted by Gasteiger charge is 2.23. The first-order chi connectivity index (χ1) is 12.7. The molecular formula is C17H18Cl2N2O5S. The number of nitrogens with one attached hydrogen (secondary N) is 2. The molecule has 0 aliphatic heterocycles. The lowest BCUT2D eigenvalue weighted by atomic mass is 10.2. The van der Waals surface area contributed by atoms with Crippen LogP contribution in [0.25, 0.3) is 0 Å². The molecule has 1 atom stereocenters. The number of rotatable bonds is 7. The van der Waals surface area contributed by atoms with E-state index >= 15 is 0 Å². The van der Waals surface area contributed by atoms with Gasteiger partial charge >= 0.3 is 0 Å². The zero-order valence-electron chi connectivity index (χ0n) is 14.7. The summed E-state index contributed by atoms with van der Waals surface area (Å²) < 4.78 is 37.4. The number of hydrogen-bond acceptors (Lipinski definition) is 5. The number of anilines is 1. The number of carbonyl (C=O) groups excluding carboxylic acids is 1. The number of ether oxygens (including phenoxy) is 2. The highest BCUT2D eigenvalue weighted by molar-refractivity contribution is 7.89. The van der Waals surface area contributed by atoms with Crippen molar-refractivity contribution in [2.75, 3.05) is 19.5 Å². The van der Waals surface area contributed by atoms with E-state index in [1.54, 1.807) is 12.1 Å². The fourth-order valence-electron chi connectivity index (χ4n) is 2.19. The van der Waals surface area contributed by atoms with Crippen molar-refractivity contribution in [3.8, 4) is 11.5 Å². The van der Waals surface area contributed by atoms with Crippen molar-refractivity contribution in [3.05, 3.63) is 46.4 Å². The van der Waals surface area contributed by atoms with Gasteiger partial charge < -0.3 is 14.8 Å². The Morgan fingerprint density at radius 2 is 1.67 bits per heavy atom. The van der Waals surface area contributed by atoms with E-state index in [0.29, 0.717) is 22.2 Å². The van der Waals surface area contributed by atoms with Crippen LogP contribution in [0.4, 0.5) is 5.69 Å². The van der Waals surface area contributed by atoms with Crippen molar-refractivity contribution in [1.29, 1.82) is 0 Å². The van der Waals surface area contributed by atoms with Gasteiger partial charge in [-0.05, 0) is 43.3 Å². The molecule has 0 spiro atoms. The molecule has 0 unspecified atom stereocenters. The predicted molar refractivity (Wildman–Crippen MR) is 104 cm³/mol. The van der Waals surface area contributed by atoms with Crippen molar-refractivity contribution in [2.24, 2.45) is 0 Å². The Labute approximate surface area is 167 Å². The van der Waals surface area contributed by atoms with E-state index < -0.39 is 22.0 Å². The van der Waals surface area contributed by atoms with Crippen LogP contribution in [0.5, 0.6) is 11.5 Å². The Hall–Kier alpha value is -2.00. The maximum absolute atomic E-state index is 12.5. The van der Waals surface area contributed by atoms with Crippen LogP contribution in [0, 0.1) is 0 Å². The van der Waals surface area contributed by atoms with Gasteiger partial charge in [0, 0.05) is 5.02 Å². The average Bonchev–Trinajstić information content (AvgIpc) is 2.61. The third-order valence-electron chi connectivity index (χ3n) is 3.58. The van der Waals surface area contributed by atoms with E-state index in [-0.39, 0.29) is 9.92 Å². The first-order valence-corrected chi connectivity index (χ1v) is 9.92. The standard InChI is InChI=1S/C17H18Cl2N2O5S/c1-10(17(22)20-14-8-11(18)4-6-16(14)26-3)21-27(23,24)12-5-7-15(25-2)13(19)9-12/h4-10,21H,1-3H3,(H,20,22)/t10-/m1/s1. The van der Waals surface area contributed by atoms with Crippen LogP contribution in [0.1, 0.15) is 6.92 Å². The Morgan fingerprint density at radius 3 is 2.26 bits per heavy atom. The molecule has 10 heteroatoms. The summed E-state index contributed by atoms with van der Waals surface area (Å²) in [5.41, 5.74) is 0.327. The van der Waals surface area contributed by atoms with Gasteiger partial charge in [-0.2, -0.15) is 4.72 Å². The van der Waals surface area contributed by atoms with Gasteiger partial charge in [0.05, 0.1) is 35.9 Å². The Kier molecular flexibility index (Phi) is 6.94. The third-order valence-corrected chi connectivity index (χ3v) is 5.65. The second-order valence-electron chi connectivity index (χ2n) is 5.47. The molecule has 0 radical (unpaired) electrons. The SMILES string of the molecule is COc1ccc(S(=O)(=O)N[C@H](C)C(=O)Nc2cc(Cl)ccc2OC)cc1Cl. The quantitative estimate of drug-likeness (QED) is 0.699. The lowest BCUT2D eigenvalue weighted by Gasteiger charge is -2.16. The maximum atomic E-state index is 12.5. The van der Waals surface area contributed by atoms with Crippen molar-refractivity contribution in [1.82, 2.24) is 4.72 Å². The number of hydrogen-bond donors (Lipinski definition) is 2. The molecule has 0 fully saturated rings. The summed E-state index contributed by atoms with van der Waals surface area (Å²) in [5.74, 6) is 0.151. The molecular weight excluding hydrogens is 415 g/mol. The molecule has 27 heavy (non-hydrogen) atoms. The molecule has 0 aliphatic carbocycles. The Bertz CT molecular complexity index is 950. The molecule has 7 nitrogen and oxygen atoms in total. The summed E-state index contributed by atoms with van der Waals surface area (Å²) in [7, 11) is -1.11. The molecule has 0 saturated carbocycles. The topological polar surface area (TPSA) is 93.7 Å². The molecule has 2 N–H and O–H groups in total. The summed E-state index contributed by atoms with van der Waals surface area (Å²) in [6.45, 7) is 1.41. The zero-order valence-corrected chi connectivity index (χ0v) is 17.1. The molecule has 0 heterocycles. The molecule has 2 rings (SSSR count). The highest BCUT2D eigenvalue weighted by atomic mass is 35.5. The second kappa shape index (κ2) is 8.79. The van der Waals surface area contributed by atoms with Crippen LogP contribution in [0.2, 0.25) is 10.0 Å². The van der Waals surface area contributed by atoms with Gasteiger partial charge in [0.25, 0.3) is 0 Å². The van der Waals surface area contributed by atoms with Crippen molar-refractivity contribution < 1.29 is 22.7 Å². The van der Waals surface area contributed by atoms with Gasteiger partial charge in [-0.25, -0.2) is 8.42 Å². The minimum Gasteiger partial charge on any atom is -0.495 e. The fraction of sp³-hybridized carbons (Fsp3) is 0.235. The summed E-state index contributed by atoms with van der Waals surface area (Å²) in [6, 6.07) is 7.63. The van der Waals surface area contributed by atoms with Crippen LogP contribution in [0.15, 0.2) is 41.3 Å². The first kappa shape index (κ1) is 21.3. The van der Waals surface area contributed by atoms with E-state index in [0.717, 1.165) is 0 Å². The lowest BCUT2D eigenvalue weighted by molar-refractivity contribution is -0.117. The summed E-state index contributed by atoms with van der Waals surface area (Å²) >= 11 is 11.9. The maximum Gasteiger partial charge on any atom is 0.242 e. The highest BCUT2D eigenvalue weighted by Crippen LogP contribution is 2.28. The van der Waals surface area contributed by atoms with Gasteiger partial charge in [-0.3, -0.25) is 4.79 Å². The third kappa shape index (κ3) is 5.26. The van der Waals surface area contributed by atoms with Crippen molar-refractivity contribution in [3.63, 3.8) is 0 Å². The molecule has 0 aliphatic rings. The van der Waals surface area contributed by atoms with Crippen LogP contribution in [0.3, 0.4) is 0 Å². The predicted octanol–water partition coefficient (Wildman–Crippen LogP) is 3.32.